The van der Waals surface area contributed by atoms with Crippen molar-refractivity contribution in [2.75, 3.05) is 0 Å². The molecule has 0 aliphatic rings. The number of para-hydroxylation sites is 2. The summed E-state index contributed by atoms with van der Waals surface area (Å²) in [6.45, 7) is 4.38. The van der Waals surface area contributed by atoms with E-state index in [-0.39, 0.29) is 70.5 Å². The van der Waals surface area contributed by atoms with Gasteiger partial charge in [0.25, 0.3) is 10.1 Å². The third kappa shape index (κ3) is 17.9. The van der Waals surface area contributed by atoms with E-state index >= 15 is 0 Å². The third-order valence-electron chi connectivity index (χ3n) is 8.87. The Labute approximate surface area is 357 Å². The van der Waals surface area contributed by atoms with E-state index in [0.29, 0.717) is 29.9 Å². The number of aryl methyl sites for hydroxylation is 2. The molecule has 0 fully saturated rings. The van der Waals surface area contributed by atoms with Gasteiger partial charge in [0.05, 0.1) is 4.90 Å². The van der Waals surface area contributed by atoms with Crippen molar-refractivity contribution >= 4 is 58.0 Å². The number of benzene rings is 4. The molecule has 0 aliphatic heterocycles. The zero-order chi connectivity index (χ0) is 39.4. The molecule has 0 amide bonds. The Morgan fingerprint density at radius 2 is 0.927 bits per heavy atom. The monoisotopic (exact) mass is 822 g/mol. The van der Waals surface area contributed by atoms with Crippen LogP contribution >= 0.6 is 0 Å². The number of rotatable bonds is 22. The maximum Gasteiger partial charge on any atom is 2.00 e. The molecule has 4 rings (SSSR count). The van der Waals surface area contributed by atoms with E-state index in [9.17, 15) is 36.2 Å². The molecule has 0 aromatic heterocycles. The zero-order valence-corrected chi connectivity index (χ0v) is 35.9. The van der Waals surface area contributed by atoms with Crippen LogP contribution in [0.1, 0.15) is 115 Å². The normalized spacial score (nSPS) is 11.3. The van der Waals surface area contributed by atoms with E-state index in [2.05, 4.69) is 13.8 Å². The maximum absolute atomic E-state index is 11.8. The van der Waals surface area contributed by atoms with Crippen LogP contribution in [0.25, 0.3) is 0 Å². The standard InChI is InChI=1S/2C21H28O5S.Ca/c2*1-2-3-4-5-6-7-8-10-17-11-9-12-20(27(23,24)25)21(17)26-19-15-13-18(22)14-16-19;/h2*9,11-16,22H,2-8,10H2,1H3,(H,23,24,25);/q;;+2/p-2. The van der Waals surface area contributed by atoms with Crippen LogP contribution in [0.4, 0.5) is 0 Å². The van der Waals surface area contributed by atoms with Gasteiger partial charge in [0, 0.05) is 0 Å². The van der Waals surface area contributed by atoms with Gasteiger partial charge in [0.2, 0.25) is 0 Å². The first-order chi connectivity index (χ1) is 25.8. The molecule has 0 saturated heterocycles. The summed E-state index contributed by atoms with van der Waals surface area (Å²) in [5.74, 6) is 0.856. The molecule has 0 atom stereocenters. The largest absolute Gasteiger partial charge is 2.00 e. The van der Waals surface area contributed by atoms with E-state index in [1.54, 1.807) is 30.3 Å². The number of aromatic hydroxyl groups is 1. The average molecular weight is 823 g/mol. The summed E-state index contributed by atoms with van der Waals surface area (Å²) in [6.07, 6.45) is 17.4. The fraction of sp³-hybridized carbons (Fsp3) is 0.429. The van der Waals surface area contributed by atoms with Crippen molar-refractivity contribution in [2.24, 2.45) is 0 Å². The number of hydrogen-bond donors (Lipinski definition) is 2. The molecule has 0 bridgehead atoms. The Bertz CT molecular complexity index is 1770. The molecule has 10 nitrogen and oxygen atoms in total. The van der Waals surface area contributed by atoms with E-state index in [0.717, 1.165) is 44.1 Å². The average Bonchev–Trinajstić information content (AvgIpc) is 3.13. The molecule has 0 spiro atoms. The molecule has 0 radical (unpaired) electrons. The minimum atomic E-state index is -4.67. The predicted octanol–water partition coefficient (Wildman–Crippen LogP) is 10.1. The molecule has 0 saturated carbocycles. The smallest absolute Gasteiger partial charge is 0.872 e. The van der Waals surface area contributed by atoms with Gasteiger partial charge in [-0.15, -0.1) is 5.75 Å². The molecule has 13 heteroatoms. The van der Waals surface area contributed by atoms with Gasteiger partial charge in [0.15, 0.2) is 5.75 Å². The summed E-state index contributed by atoms with van der Waals surface area (Å²) in [7, 11) is -9.07. The van der Waals surface area contributed by atoms with Gasteiger partial charge in [-0.2, -0.15) is 8.42 Å². The summed E-state index contributed by atoms with van der Waals surface area (Å²) >= 11 is 0. The Kier molecular flexibility index (Phi) is 22.3. The first-order valence-electron chi connectivity index (χ1n) is 18.9. The molecule has 0 heterocycles. The van der Waals surface area contributed by atoms with Gasteiger partial charge in [-0.05, 0) is 85.3 Å². The summed E-state index contributed by atoms with van der Waals surface area (Å²) < 4.78 is 79.5. The Balaban J connectivity index is 0.000000373. The van der Waals surface area contributed by atoms with Crippen LogP contribution in [0.2, 0.25) is 0 Å². The van der Waals surface area contributed by atoms with Crippen molar-refractivity contribution in [1.82, 2.24) is 0 Å². The predicted molar refractivity (Wildman–Crippen MR) is 214 cm³/mol. The minimum Gasteiger partial charge on any atom is -0.872 e. The SMILES string of the molecule is CCCCCCCCCc1cccc(S(=O)(=O)O)c1Oc1ccc(O)cc1.CCCCCCCCCc1cccc(S(=O)(=O)[O-])c1Oc1ccc([O-])cc1.[Ca+2]. The van der Waals surface area contributed by atoms with Gasteiger partial charge in [0.1, 0.15) is 38.0 Å². The Morgan fingerprint density at radius 3 is 1.35 bits per heavy atom. The maximum atomic E-state index is 11.8. The second-order valence-electron chi connectivity index (χ2n) is 13.3. The summed E-state index contributed by atoms with van der Waals surface area (Å²) in [4.78, 5) is -0.606. The van der Waals surface area contributed by atoms with E-state index in [1.165, 1.54) is 99.9 Å². The molecule has 4 aromatic rings. The van der Waals surface area contributed by atoms with E-state index in [4.69, 9.17) is 9.47 Å². The van der Waals surface area contributed by atoms with Crippen LogP contribution in [0.3, 0.4) is 0 Å². The molecule has 0 unspecified atom stereocenters. The van der Waals surface area contributed by atoms with Gasteiger partial charge < -0.3 is 24.2 Å². The fourth-order valence-electron chi connectivity index (χ4n) is 5.95. The molecular weight excluding hydrogens is 769 g/mol. The third-order valence-corrected chi connectivity index (χ3v) is 10.6. The van der Waals surface area contributed by atoms with Crippen molar-refractivity contribution in [3.05, 3.63) is 96.1 Å². The molecule has 296 valence electrons. The Morgan fingerprint density at radius 1 is 0.545 bits per heavy atom. The van der Waals surface area contributed by atoms with Gasteiger partial charge in [-0.1, -0.05) is 127 Å². The van der Waals surface area contributed by atoms with Crippen LogP contribution in [-0.2, 0) is 33.1 Å². The van der Waals surface area contributed by atoms with Gasteiger partial charge >= 0.3 is 37.7 Å². The van der Waals surface area contributed by atoms with Crippen molar-refractivity contribution in [3.63, 3.8) is 0 Å². The number of ether oxygens (including phenoxy) is 2. The first-order valence-corrected chi connectivity index (χ1v) is 21.8. The molecular formula is C42H54CaO10S2. The summed E-state index contributed by atoms with van der Waals surface area (Å²) in [5.41, 5.74) is 1.43. The topological polar surface area (TPSA) is 173 Å². The number of phenolic OH excluding ortho intramolecular Hbond substituents is 1. The zero-order valence-electron chi connectivity index (χ0n) is 32.1. The van der Waals surface area contributed by atoms with Crippen molar-refractivity contribution in [2.45, 2.75) is 126 Å². The molecule has 4 aromatic carbocycles. The first kappa shape index (κ1) is 48.3. The second-order valence-corrected chi connectivity index (χ2v) is 16.1. The minimum absolute atomic E-state index is 0. The molecule has 2 N–H and O–H groups in total. The fourth-order valence-corrected chi connectivity index (χ4v) is 7.25. The van der Waals surface area contributed by atoms with Crippen molar-refractivity contribution < 1.29 is 45.6 Å². The number of hydrogen-bond acceptors (Lipinski definition) is 9. The summed E-state index contributed by atoms with van der Waals surface area (Å²) in [6, 6.07) is 21.0. The van der Waals surface area contributed by atoms with Gasteiger partial charge in [-0.25, -0.2) is 8.42 Å². The van der Waals surface area contributed by atoms with Crippen molar-refractivity contribution in [1.29, 1.82) is 0 Å². The summed E-state index contributed by atoms with van der Waals surface area (Å²) in [5, 5.41) is 20.6. The van der Waals surface area contributed by atoms with E-state index in [1.807, 2.05) is 6.07 Å². The molecule has 0 aliphatic carbocycles. The number of phenols is 1. The van der Waals surface area contributed by atoms with E-state index < -0.39 is 20.2 Å². The Hall–Kier alpha value is -2.84. The van der Waals surface area contributed by atoms with Gasteiger partial charge in [-0.3, -0.25) is 4.55 Å². The van der Waals surface area contributed by atoms with Crippen LogP contribution in [0.5, 0.6) is 34.5 Å². The van der Waals surface area contributed by atoms with Crippen molar-refractivity contribution in [3.8, 4) is 34.5 Å². The van der Waals surface area contributed by atoms with Crippen LogP contribution in [0.15, 0.2) is 94.7 Å². The number of unbranched alkanes of at least 4 members (excludes halogenated alkanes) is 12. The second kappa shape index (κ2) is 25.4. The van der Waals surface area contributed by atoms with Crippen LogP contribution < -0.4 is 14.6 Å². The van der Waals surface area contributed by atoms with Crippen LogP contribution in [-0.4, -0.2) is 68.8 Å². The quantitative estimate of drug-likeness (QED) is 0.0441. The molecule has 55 heavy (non-hydrogen) atoms. The van der Waals surface area contributed by atoms with Crippen LogP contribution in [0, 0.1) is 0 Å².